The molecule has 0 aliphatic heterocycles. The first kappa shape index (κ1) is 18.3. The summed E-state index contributed by atoms with van der Waals surface area (Å²) in [5, 5.41) is 17.9. The molecular formula is C26H22N2O2. The summed E-state index contributed by atoms with van der Waals surface area (Å²) in [7, 11) is 0. The fourth-order valence-electron chi connectivity index (χ4n) is 4.19. The van der Waals surface area contributed by atoms with Crippen molar-refractivity contribution in [1.82, 2.24) is 4.98 Å². The molecule has 5 rings (SSSR count). The van der Waals surface area contributed by atoms with Crippen LogP contribution in [-0.2, 0) is 17.6 Å². The normalized spacial score (nSPS) is 11.4. The summed E-state index contributed by atoms with van der Waals surface area (Å²) in [6.07, 6.45) is 0.961. The van der Waals surface area contributed by atoms with Crippen molar-refractivity contribution in [1.29, 1.82) is 0 Å². The maximum Gasteiger partial charge on any atom is 0.228 e. The number of aromatic hydroxyl groups is 1. The molecule has 0 aliphatic rings. The van der Waals surface area contributed by atoms with Crippen LogP contribution in [0.5, 0.6) is 5.75 Å². The lowest BCUT2D eigenvalue weighted by Crippen LogP contribution is -2.15. The fraction of sp³-hybridized carbons (Fsp3) is 0.115. The first-order valence-corrected chi connectivity index (χ1v) is 10.2. The predicted octanol–water partition coefficient (Wildman–Crippen LogP) is 5.92. The molecule has 1 aromatic heterocycles. The topological polar surface area (TPSA) is 65.1 Å². The van der Waals surface area contributed by atoms with Gasteiger partial charge in [0.2, 0.25) is 5.91 Å². The minimum Gasteiger partial charge on any atom is -0.508 e. The van der Waals surface area contributed by atoms with E-state index in [0.29, 0.717) is 5.56 Å². The molecule has 0 saturated heterocycles. The average molecular weight is 394 g/mol. The summed E-state index contributed by atoms with van der Waals surface area (Å²) in [6, 6.07) is 23.8. The fourth-order valence-corrected chi connectivity index (χ4v) is 4.19. The third-order valence-electron chi connectivity index (χ3n) is 5.72. The zero-order valence-corrected chi connectivity index (χ0v) is 16.7. The SMILES string of the molecule is CCc1ccccc1NC(=O)Cc1cc2ccc3c4ccccc4[nH]c3c2cc1O. The molecule has 0 radical (unpaired) electrons. The van der Waals surface area contributed by atoms with E-state index in [9.17, 15) is 9.90 Å². The van der Waals surface area contributed by atoms with Gasteiger partial charge in [0.25, 0.3) is 0 Å². The van der Waals surface area contributed by atoms with Gasteiger partial charge in [-0.1, -0.05) is 55.5 Å². The van der Waals surface area contributed by atoms with E-state index in [1.165, 1.54) is 0 Å². The van der Waals surface area contributed by atoms with E-state index in [4.69, 9.17) is 0 Å². The maximum atomic E-state index is 12.6. The van der Waals surface area contributed by atoms with Gasteiger partial charge in [0.15, 0.2) is 0 Å². The van der Waals surface area contributed by atoms with E-state index < -0.39 is 0 Å². The lowest BCUT2D eigenvalue weighted by atomic mass is 10.0. The van der Waals surface area contributed by atoms with Crippen molar-refractivity contribution in [3.05, 3.63) is 83.9 Å². The van der Waals surface area contributed by atoms with Crippen LogP contribution in [0, 0.1) is 0 Å². The number of anilines is 1. The van der Waals surface area contributed by atoms with E-state index in [-0.39, 0.29) is 18.1 Å². The maximum absolute atomic E-state index is 12.6. The third-order valence-corrected chi connectivity index (χ3v) is 5.72. The number of phenolic OH excluding ortho intramolecular Hbond substituents is 1. The van der Waals surface area contributed by atoms with Gasteiger partial charge in [-0.25, -0.2) is 0 Å². The number of aryl methyl sites for hydroxylation is 1. The number of fused-ring (bicyclic) bond motifs is 5. The quantitative estimate of drug-likeness (QED) is 0.354. The van der Waals surface area contributed by atoms with Crippen molar-refractivity contribution in [2.45, 2.75) is 19.8 Å². The van der Waals surface area contributed by atoms with Crippen molar-refractivity contribution in [3.63, 3.8) is 0 Å². The van der Waals surface area contributed by atoms with Crippen LogP contribution in [0.3, 0.4) is 0 Å². The van der Waals surface area contributed by atoms with Crippen LogP contribution >= 0.6 is 0 Å². The van der Waals surface area contributed by atoms with Gasteiger partial charge in [-0.2, -0.15) is 0 Å². The summed E-state index contributed by atoms with van der Waals surface area (Å²) < 4.78 is 0. The summed E-state index contributed by atoms with van der Waals surface area (Å²) in [5.41, 5.74) is 4.60. The number of carbonyl (C=O) groups excluding carboxylic acids is 1. The molecule has 0 fully saturated rings. The number of aromatic nitrogens is 1. The molecule has 0 atom stereocenters. The summed E-state index contributed by atoms with van der Waals surface area (Å²) in [4.78, 5) is 16.1. The van der Waals surface area contributed by atoms with Gasteiger partial charge < -0.3 is 15.4 Å². The highest BCUT2D eigenvalue weighted by atomic mass is 16.3. The van der Waals surface area contributed by atoms with Gasteiger partial charge in [0.05, 0.1) is 11.9 Å². The largest absolute Gasteiger partial charge is 0.508 e. The highest BCUT2D eigenvalue weighted by Crippen LogP contribution is 2.34. The highest BCUT2D eigenvalue weighted by molar-refractivity contribution is 6.17. The van der Waals surface area contributed by atoms with Crippen LogP contribution in [0.15, 0.2) is 72.8 Å². The number of benzene rings is 4. The van der Waals surface area contributed by atoms with Gasteiger partial charge in [-0.15, -0.1) is 0 Å². The number of aromatic amines is 1. The summed E-state index contributed by atoms with van der Waals surface area (Å²) >= 11 is 0. The van der Waals surface area contributed by atoms with Crippen molar-refractivity contribution < 1.29 is 9.90 Å². The number of phenols is 1. The molecule has 0 unspecified atom stereocenters. The lowest BCUT2D eigenvalue weighted by molar-refractivity contribution is -0.115. The predicted molar refractivity (Wildman–Crippen MR) is 123 cm³/mol. The van der Waals surface area contributed by atoms with Gasteiger partial charge in [-0.05, 0) is 41.6 Å². The average Bonchev–Trinajstić information content (AvgIpc) is 3.14. The first-order valence-electron chi connectivity index (χ1n) is 10.2. The molecule has 1 heterocycles. The molecule has 3 N–H and O–H groups in total. The number of hydrogen-bond donors (Lipinski definition) is 3. The molecule has 0 bridgehead atoms. The van der Waals surface area contributed by atoms with Crippen molar-refractivity contribution >= 4 is 44.2 Å². The number of hydrogen-bond acceptors (Lipinski definition) is 2. The minimum atomic E-state index is -0.141. The number of nitrogens with one attached hydrogen (secondary N) is 2. The lowest BCUT2D eigenvalue weighted by Gasteiger charge is -2.11. The molecule has 5 aromatic rings. The Morgan fingerprint density at radius 3 is 2.57 bits per heavy atom. The third kappa shape index (κ3) is 3.07. The zero-order chi connectivity index (χ0) is 20.7. The van der Waals surface area contributed by atoms with E-state index in [0.717, 1.165) is 50.2 Å². The second-order valence-corrected chi connectivity index (χ2v) is 7.60. The standard InChI is InChI=1S/C26H22N2O2/c1-2-16-7-3-5-9-22(16)27-25(30)14-18-13-17-11-12-20-19-8-4-6-10-23(19)28-26(20)21(17)15-24(18)29/h3-13,15,28-29H,2,14H2,1H3,(H,27,30). The zero-order valence-electron chi connectivity index (χ0n) is 16.7. The van der Waals surface area contributed by atoms with Crippen LogP contribution in [0.1, 0.15) is 18.1 Å². The van der Waals surface area contributed by atoms with Crippen LogP contribution in [0.25, 0.3) is 32.6 Å². The van der Waals surface area contributed by atoms with Gasteiger partial charge in [0.1, 0.15) is 5.75 Å². The Balaban J connectivity index is 1.51. The van der Waals surface area contributed by atoms with E-state index in [1.54, 1.807) is 6.07 Å². The Labute approximate surface area is 174 Å². The van der Waals surface area contributed by atoms with Crippen molar-refractivity contribution in [3.8, 4) is 5.75 Å². The second kappa shape index (κ2) is 7.23. The molecule has 0 saturated carbocycles. The number of para-hydroxylation sites is 2. The molecular weight excluding hydrogens is 372 g/mol. The van der Waals surface area contributed by atoms with Crippen LogP contribution in [-0.4, -0.2) is 16.0 Å². The molecule has 30 heavy (non-hydrogen) atoms. The van der Waals surface area contributed by atoms with Crippen molar-refractivity contribution in [2.24, 2.45) is 0 Å². The smallest absolute Gasteiger partial charge is 0.228 e. The van der Waals surface area contributed by atoms with Gasteiger partial charge in [-0.3, -0.25) is 4.79 Å². The molecule has 4 nitrogen and oxygen atoms in total. The minimum absolute atomic E-state index is 0.116. The molecule has 0 aliphatic carbocycles. The Kier molecular flexibility index (Phi) is 4.40. The highest BCUT2D eigenvalue weighted by Gasteiger charge is 2.14. The Morgan fingerprint density at radius 2 is 1.70 bits per heavy atom. The number of H-pyrrole nitrogens is 1. The Hall–Kier alpha value is -3.79. The Morgan fingerprint density at radius 1 is 0.900 bits per heavy atom. The van der Waals surface area contributed by atoms with Crippen LogP contribution in [0.2, 0.25) is 0 Å². The van der Waals surface area contributed by atoms with E-state index in [2.05, 4.69) is 29.4 Å². The number of rotatable bonds is 4. The summed E-state index contributed by atoms with van der Waals surface area (Å²) in [6.45, 7) is 2.06. The number of amides is 1. The van der Waals surface area contributed by atoms with Crippen LogP contribution < -0.4 is 5.32 Å². The molecule has 4 aromatic carbocycles. The van der Waals surface area contributed by atoms with Crippen molar-refractivity contribution in [2.75, 3.05) is 5.32 Å². The van der Waals surface area contributed by atoms with Gasteiger partial charge >= 0.3 is 0 Å². The number of carbonyl (C=O) groups is 1. The monoisotopic (exact) mass is 394 g/mol. The van der Waals surface area contributed by atoms with Gasteiger partial charge in [0, 0.05) is 32.9 Å². The summed E-state index contributed by atoms with van der Waals surface area (Å²) in [5.74, 6) is -0.00942. The molecule has 1 amide bonds. The van der Waals surface area contributed by atoms with E-state index in [1.807, 2.05) is 54.6 Å². The van der Waals surface area contributed by atoms with E-state index >= 15 is 0 Å². The Bertz CT molecular complexity index is 1420. The molecule has 148 valence electrons. The molecule has 0 spiro atoms. The second-order valence-electron chi connectivity index (χ2n) is 7.60. The van der Waals surface area contributed by atoms with Crippen LogP contribution in [0.4, 0.5) is 5.69 Å². The first-order chi connectivity index (χ1) is 14.6. The molecule has 4 heteroatoms.